The van der Waals surface area contributed by atoms with Crippen molar-refractivity contribution in [2.45, 2.75) is 19.3 Å². The third-order valence-electron chi connectivity index (χ3n) is 3.68. The van der Waals surface area contributed by atoms with E-state index in [2.05, 4.69) is 0 Å². The molecule has 0 amide bonds. The van der Waals surface area contributed by atoms with Crippen molar-refractivity contribution in [2.75, 3.05) is 0 Å². The molecule has 0 aliphatic rings. The standard InChI is InChI=1S/C18H16O3/c1-12-7-8-15-14(9-12)11-21-18(15)16(10-17(19)20)13-5-3-2-4-6-13/h2-9,11,16H,10H2,1H3,(H,19,20). The highest BCUT2D eigenvalue weighted by Crippen LogP contribution is 2.34. The normalized spacial score (nSPS) is 12.4. The molecule has 0 radical (unpaired) electrons. The molecule has 3 heteroatoms. The van der Waals surface area contributed by atoms with Gasteiger partial charge in [0.05, 0.1) is 18.6 Å². The van der Waals surface area contributed by atoms with Crippen LogP contribution < -0.4 is 0 Å². The molecular formula is C18H16O3. The summed E-state index contributed by atoms with van der Waals surface area (Å²) in [5.41, 5.74) is 2.11. The monoisotopic (exact) mass is 280 g/mol. The second-order valence-electron chi connectivity index (χ2n) is 5.25. The molecule has 2 aromatic carbocycles. The maximum absolute atomic E-state index is 11.2. The van der Waals surface area contributed by atoms with Crippen molar-refractivity contribution in [3.8, 4) is 0 Å². The van der Waals surface area contributed by atoms with E-state index in [0.29, 0.717) is 0 Å². The zero-order chi connectivity index (χ0) is 14.8. The zero-order valence-corrected chi connectivity index (χ0v) is 11.7. The first kappa shape index (κ1) is 13.4. The molecule has 1 N–H and O–H groups in total. The number of rotatable bonds is 4. The molecule has 0 fully saturated rings. The fraction of sp³-hybridized carbons (Fsp3) is 0.167. The minimum Gasteiger partial charge on any atom is -0.481 e. The highest BCUT2D eigenvalue weighted by molar-refractivity contribution is 5.86. The largest absolute Gasteiger partial charge is 0.481 e. The SMILES string of the molecule is Cc1ccc2c(C(CC(=O)O)c3ccccc3)occ2c1. The van der Waals surface area contributed by atoms with Gasteiger partial charge in [-0.1, -0.05) is 48.0 Å². The van der Waals surface area contributed by atoms with E-state index in [9.17, 15) is 9.90 Å². The predicted octanol–water partition coefficient (Wildman–Crippen LogP) is 4.35. The van der Waals surface area contributed by atoms with E-state index >= 15 is 0 Å². The van der Waals surface area contributed by atoms with Gasteiger partial charge in [0.25, 0.3) is 0 Å². The number of benzene rings is 2. The molecule has 0 aliphatic carbocycles. The summed E-state index contributed by atoms with van der Waals surface area (Å²) in [4.78, 5) is 11.2. The summed E-state index contributed by atoms with van der Waals surface area (Å²) < 4.78 is 5.72. The molecule has 3 nitrogen and oxygen atoms in total. The third kappa shape index (κ3) is 2.68. The van der Waals surface area contributed by atoms with E-state index in [4.69, 9.17) is 4.42 Å². The van der Waals surface area contributed by atoms with Crippen molar-refractivity contribution in [3.05, 3.63) is 71.7 Å². The molecule has 1 unspecified atom stereocenters. The van der Waals surface area contributed by atoms with E-state index in [1.165, 1.54) is 0 Å². The van der Waals surface area contributed by atoms with Crippen LogP contribution in [0.15, 0.2) is 59.2 Å². The Bertz CT molecular complexity index is 772. The molecular weight excluding hydrogens is 264 g/mol. The van der Waals surface area contributed by atoms with Gasteiger partial charge < -0.3 is 9.52 Å². The smallest absolute Gasteiger partial charge is 0.304 e. The molecule has 3 aromatic rings. The van der Waals surface area contributed by atoms with Crippen molar-refractivity contribution < 1.29 is 14.3 Å². The Morgan fingerprint density at radius 1 is 1.19 bits per heavy atom. The van der Waals surface area contributed by atoms with Gasteiger partial charge in [0, 0.05) is 10.8 Å². The van der Waals surface area contributed by atoms with Gasteiger partial charge in [-0.25, -0.2) is 0 Å². The van der Waals surface area contributed by atoms with Crippen LogP contribution >= 0.6 is 0 Å². The number of aryl methyl sites for hydroxylation is 1. The molecule has 21 heavy (non-hydrogen) atoms. The average molecular weight is 280 g/mol. The van der Waals surface area contributed by atoms with Crippen LogP contribution in [-0.2, 0) is 4.79 Å². The van der Waals surface area contributed by atoms with Crippen LogP contribution in [-0.4, -0.2) is 11.1 Å². The van der Waals surface area contributed by atoms with Gasteiger partial charge in [-0.2, -0.15) is 0 Å². The van der Waals surface area contributed by atoms with Crippen molar-refractivity contribution >= 4 is 16.7 Å². The maximum atomic E-state index is 11.2. The number of carboxylic acids is 1. The van der Waals surface area contributed by atoms with Gasteiger partial charge in [-0.15, -0.1) is 0 Å². The minimum absolute atomic E-state index is 0.0144. The Hall–Kier alpha value is -2.55. The molecule has 106 valence electrons. The lowest BCUT2D eigenvalue weighted by molar-refractivity contribution is -0.137. The number of fused-ring (bicyclic) bond motifs is 1. The van der Waals surface area contributed by atoms with E-state index in [1.54, 1.807) is 6.26 Å². The number of carbonyl (C=O) groups is 1. The highest BCUT2D eigenvalue weighted by Gasteiger charge is 2.23. The first-order valence-corrected chi connectivity index (χ1v) is 6.89. The number of furan rings is 1. The van der Waals surface area contributed by atoms with Crippen LogP contribution in [0.25, 0.3) is 10.8 Å². The number of carboxylic acid groups (broad SMARTS) is 1. The van der Waals surface area contributed by atoms with Crippen LogP contribution in [0.2, 0.25) is 0 Å². The van der Waals surface area contributed by atoms with Gasteiger partial charge in [-0.3, -0.25) is 4.79 Å². The Balaban J connectivity index is 2.12. The number of hydrogen-bond acceptors (Lipinski definition) is 2. The molecule has 0 spiro atoms. The molecule has 1 heterocycles. The minimum atomic E-state index is -0.833. The van der Waals surface area contributed by atoms with Crippen molar-refractivity contribution in [2.24, 2.45) is 0 Å². The van der Waals surface area contributed by atoms with Crippen LogP contribution in [0.5, 0.6) is 0 Å². The molecule has 0 aliphatic heterocycles. The van der Waals surface area contributed by atoms with Gasteiger partial charge in [0.15, 0.2) is 0 Å². The van der Waals surface area contributed by atoms with Crippen molar-refractivity contribution in [3.63, 3.8) is 0 Å². The second-order valence-corrected chi connectivity index (χ2v) is 5.25. The molecule has 3 rings (SSSR count). The van der Waals surface area contributed by atoms with Crippen molar-refractivity contribution in [1.29, 1.82) is 0 Å². The second kappa shape index (κ2) is 5.44. The van der Waals surface area contributed by atoms with E-state index in [-0.39, 0.29) is 12.3 Å². The van der Waals surface area contributed by atoms with E-state index in [0.717, 1.165) is 27.7 Å². The summed E-state index contributed by atoms with van der Waals surface area (Å²) in [6, 6.07) is 15.7. The van der Waals surface area contributed by atoms with Gasteiger partial charge >= 0.3 is 5.97 Å². The summed E-state index contributed by atoms with van der Waals surface area (Å²) in [6.07, 6.45) is 1.72. The summed E-state index contributed by atoms with van der Waals surface area (Å²) >= 11 is 0. The quantitative estimate of drug-likeness (QED) is 0.773. The Kier molecular flexibility index (Phi) is 3.48. The Labute approximate surface area is 122 Å². The predicted molar refractivity (Wildman–Crippen MR) is 81.5 cm³/mol. The summed E-state index contributed by atoms with van der Waals surface area (Å²) in [6.45, 7) is 2.03. The molecule has 0 saturated heterocycles. The first-order valence-electron chi connectivity index (χ1n) is 6.89. The lowest BCUT2D eigenvalue weighted by Gasteiger charge is -2.13. The highest BCUT2D eigenvalue weighted by atomic mass is 16.4. The fourth-order valence-corrected chi connectivity index (χ4v) is 2.69. The topological polar surface area (TPSA) is 50.4 Å². The summed E-state index contributed by atoms with van der Waals surface area (Å²) in [7, 11) is 0. The van der Waals surface area contributed by atoms with Gasteiger partial charge in [-0.05, 0) is 18.6 Å². The Morgan fingerprint density at radius 3 is 2.67 bits per heavy atom. The zero-order valence-electron chi connectivity index (χ0n) is 11.7. The van der Waals surface area contributed by atoms with Gasteiger partial charge in [0.2, 0.25) is 0 Å². The summed E-state index contributed by atoms with van der Waals surface area (Å²) in [5, 5.41) is 11.2. The van der Waals surface area contributed by atoms with Gasteiger partial charge in [0.1, 0.15) is 5.76 Å². The maximum Gasteiger partial charge on any atom is 0.304 e. The van der Waals surface area contributed by atoms with Crippen molar-refractivity contribution in [1.82, 2.24) is 0 Å². The molecule has 1 atom stereocenters. The average Bonchev–Trinajstić information content (AvgIpc) is 2.88. The lowest BCUT2D eigenvalue weighted by Crippen LogP contribution is -2.07. The van der Waals surface area contributed by atoms with Crippen LogP contribution in [0.1, 0.15) is 29.2 Å². The third-order valence-corrected chi connectivity index (χ3v) is 3.68. The number of aliphatic carboxylic acids is 1. The number of hydrogen-bond donors (Lipinski definition) is 1. The van der Waals surface area contributed by atoms with Crippen LogP contribution in [0, 0.1) is 6.92 Å². The first-order chi connectivity index (χ1) is 10.1. The van der Waals surface area contributed by atoms with E-state index in [1.807, 2.05) is 55.5 Å². The Morgan fingerprint density at radius 2 is 1.95 bits per heavy atom. The van der Waals surface area contributed by atoms with Crippen LogP contribution in [0.4, 0.5) is 0 Å². The summed E-state index contributed by atoms with van der Waals surface area (Å²) in [5.74, 6) is -0.386. The lowest BCUT2D eigenvalue weighted by atomic mass is 9.91. The molecule has 0 saturated carbocycles. The fourth-order valence-electron chi connectivity index (χ4n) is 2.69. The molecule has 1 aromatic heterocycles. The van der Waals surface area contributed by atoms with E-state index < -0.39 is 5.97 Å². The van der Waals surface area contributed by atoms with Crippen LogP contribution in [0.3, 0.4) is 0 Å². The molecule has 0 bridgehead atoms.